The minimum atomic E-state index is 0. The lowest BCUT2D eigenvalue weighted by Gasteiger charge is -2.14. The van der Waals surface area contributed by atoms with E-state index in [0.717, 1.165) is 48.2 Å². The van der Waals surface area contributed by atoms with Gasteiger partial charge in [-0.2, -0.15) is 0 Å². The number of nitrogens with one attached hydrogen (secondary N) is 1. The van der Waals surface area contributed by atoms with Gasteiger partial charge in [-0.1, -0.05) is 48.0 Å². The van der Waals surface area contributed by atoms with Gasteiger partial charge in [0, 0.05) is 10.6 Å². The van der Waals surface area contributed by atoms with E-state index in [9.17, 15) is 0 Å². The fourth-order valence-corrected chi connectivity index (χ4v) is 4.79. The highest BCUT2D eigenvalue weighted by molar-refractivity contribution is 7.98. The topological polar surface area (TPSA) is 21.3 Å². The van der Waals surface area contributed by atoms with Crippen LogP contribution in [-0.4, -0.2) is 13.1 Å². The number of hydrogen-bond donors (Lipinski definition) is 1. The molecule has 0 bridgehead atoms. The molecule has 2 nitrogen and oxygen atoms in total. The van der Waals surface area contributed by atoms with Crippen LogP contribution in [0.4, 0.5) is 0 Å². The van der Waals surface area contributed by atoms with Gasteiger partial charge in [0.05, 0.1) is 5.02 Å². The third-order valence-corrected chi connectivity index (χ3v) is 6.35. The van der Waals surface area contributed by atoms with E-state index in [0.29, 0.717) is 0 Å². The Hall–Kier alpha value is -1.65. The lowest BCUT2D eigenvalue weighted by molar-refractivity contribution is 0.482. The summed E-state index contributed by atoms with van der Waals surface area (Å²) in [4.78, 5) is 1.23. The summed E-state index contributed by atoms with van der Waals surface area (Å²) in [7, 11) is 0. The summed E-state index contributed by atoms with van der Waals surface area (Å²) in [5.74, 6) is 2.59. The first kappa shape index (κ1) is 21.1. The highest BCUT2D eigenvalue weighted by Gasteiger charge is 2.15. The number of fused-ring (bicyclic) bond motifs is 1. The van der Waals surface area contributed by atoms with Crippen molar-refractivity contribution < 1.29 is 4.74 Å². The van der Waals surface area contributed by atoms with Gasteiger partial charge in [-0.3, -0.25) is 0 Å². The smallest absolute Gasteiger partial charge is 0.127 e. The molecule has 3 aromatic rings. The van der Waals surface area contributed by atoms with E-state index in [4.69, 9.17) is 16.3 Å². The van der Waals surface area contributed by atoms with Gasteiger partial charge >= 0.3 is 0 Å². The maximum Gasteiger partial charge on any atom is 0.127 e. The predicted octanol–water partition coefficient (Wildman–Crippen LogP) is 6.53. The Morgan fingerprint density at radius 3 is 2.54 bits per heavy atom. The maximum absolute atomic E-state index is 6.55. The van der Waals surface area contributed by atoms with Gasteiger partial charge < -0.3 is 10.1 Å². The average molecular weight is 432 g/mol. The molecule has 4 rings (SSSR count). The van der Waals surface area contributed by atoms with Crippen molar-refractivity contribution in [2.45, 2.75) is 23.5 Å². The Labute approximate surface area is 182 Å². The van der Waals surface area contributed by atoms with Gasteiger partial charge in [0.25, 0.3) is 0 Å². The molecular weight excluding hydrogens is 409 g/mol. The summed E-state index contributed by atoms with van der Waals surface area (Å²) in [6.07, 6.45) is 2.11. The maximum atomic E-state index is 6.55. The van der Waals surface area contributed by atoms with Crippen molar-refractivity contribution in [1.29, 1.82) is 0 Å². The Kier molecular flexibility index (Phi) is 7.69. The zero-order chi connectivity index (χ0) is 18.5. The first-order valence-electron chi connectivity index (χ1n) is 9.25. The summed E-state index contributed by atoms with van der Waals surface area (Å²) in [5.41, 5.74) is 4.07. The van der Waals surface area contributed by atoms with Crippen LogP contribution in [0.25, 0.3) is 0 Å². The Balaban J connectivity index is 0.00000225. The molecule has 1 heterocycles. The van der Waals surface area contributed by atoms with E-state index < -0.39 is 0 Å². The minimum Gasteiger partial charge on any atom is -0.457 e. The summed E-state index contributed by atoms with van der Waals surface area (Å²) < 4.78 is 5.96. The molecule has 1 N–H and O–H groups in total. The molecule has 146 valence electrons. The summed E-state index contributed by atoms with van der Waals surface area (Å²) in [5, 5.41) is 4.34. The third-order valence-electron chi connectivity index (χ3n) is 4.69. The van der Waals surface area contributed by atoms with Crippen molar-refractivity contribution in [2.75, 3.05) is 13.1 Å². The predicted molar refractivity (Wildman–Crippen MR) is 121 cm³/mol. The minimum absolute atomic E-state index is 0. The zero-order valence-electron chi connectivity index (χ0n) is 15.5. The van der Waals surface area contributed by atoms with E-state index in [1.807, 2.05) is 60.3 Å². The van der Waals surface area contributed by atoms with Crippen LogP contribution in [0.1, 0.15) is 16.7 Å². The molecule has 0 atom stereocenters. The van der Waals surface area contributed by atoms with Crippen LogP contribution in [0.5, 0.6) is 11.5 Å². The molecule has 0 spiro atoms. The Morgan fingerprint density at radius 2 is 1.68 bits per heavy atom. The average Bonchev–Trinajstić information content (AvgIpc) is 2.94. The number of ether oxygens (including phenoxy) is 1. The standard InChI is InChI=1S/C23H22ClNOS.ClH/c24-22-10-9-18-11-13-25-14-12-21(18)23(22)27-16-17-5-4-8-20(15-17)26-19-6-2-1-3-7-19;/h1-10,15,25H,11-14,16H2;1H. The Bertz CT molecular complexity index is 918. The van der Waals surface area contributed by atoms with Gasteiger partial charge in [0.15, 0.2) is 0 Å². The second-order valence-electron chi connectivity index (χ2n) is 6.62. The SMILES string of the molecule is Cl.Clc1ccc2c(c1SCc1cccc(Oc3ccccc3)c1)CCNCC2. The van der Waals surface area contributed by atoms with Gasteiger partial charge in [0.2, 0.25) is 0 Å². The number of rotatable bonds is 5. The van der Waals surface area contributed by atoms with Crippen LogP contribution in [0.3, 0.4) is 0 Å². The summed E-state index contributed by atoms with van der Waals surface area (Å²) >= 11 is 8.38. The van der Waals surface area contributed by atoms with E-state index >= 15 is 0 Å². The monoisotopic (exact) mass is 431 g/mol. The molecule has 0 aliphatic carbocycles. The second-order valence-corrected chi connectivity index (χ2v) is 8.01. The van der Waals surface area contributed by atoms with Crippen LogP contribution >= 0.6 is 35.8 Å². The van der Waals surface area contributed by atoms with Crippen LogP contribution in [0.15, 0.2) is 71.6 Å². The van der Waals surface area contributed by atoms with Crippen molar-refractivity contribution in [1.82, 2.24) is 5.32 Å². The van der Waals surface area contributed by atoms with Crippen LogP contribution in [-0.2, 0) is 18.6 Å². The molecule has 28 heavy (non-hydrogen) atoms. The van der Waals surface area contributed by atoms with Crippen molar-refractivity contribution in [2.24, 2.45) is 0 Å². The van der Waals surface area contributed by atoms with E-state index in [1.54, 1.807) is 0 Å². The molecule has 0 fully saturated rings. The van der Waals surface area contributed by atoms with Gasteiger partial charge in [0.1, 0.15) is 11.5 Å². The molecule has 1 aliphatic rings. The first-order chi connectivity index (χ1) is 13.3. The van der Waals surface area contributed by atoms with Crippen LogP contribution < -0.4 is 10.1 Å². The quantitative estimate of drug-likeness (QED) is 0.463. The number of halogens is 2. The van der Waals surface area contributed by atoms with Gasteiger partial charge in [-0.15, -0.1) is 24.2 Å². The number of para-hydroxylation sites is 1. The number of thioether (sulfide) groups is 1. The van der Waals surface area contributed by atoms with Crippen LogP contribution in [0.2, 0.25) is 5.02 Å². The summed E-state index contributed by atoms with van der Waals surface area (Å²) in [6.45, 7) is 2.05. The van der Waals surface area contributed by atoms with Gasteiger partial charge in [-0.25, -0.2) is 0 Å². The van der Waals surface area contributed by atoms with Crippen molar-refractivity contribution in [3.8, 4) is 11.5 Å². The largest absolute Gasteiger partial charge is 0.457 e. The third kappa shape index (κ3) is 5.24. The molecule has 0 aromatic heterocycles. The van der Waals surface area contributed by atoms with Gasteiger partial charge in [-0.05, 0) is 73.0 Å². The Morgan fingerprint density at radius 1 is 0.893 bits per heavy atom. The molecule has 5 heteroatoms. The lowest BCUT2D eigenvalue weighted by atomic mass is 10.0. The molecule has 0 amide bonds. The van der Waals surface area contributed by atoms with Crippen LogP contribution in [0, 0.1) is 0 Å². The van der Waals surface area contributed by atoms with E-state index in [2.05, 4.69) is 23.5 Å². The van der Waals surface area contributed by atoms with Crippen molar-refractivity contribution >= 4 is 35.8 Å². The lowest BCUT2D eigenvalue weighted by Crippen LogP contribution is -2.16. The molecular formula is C23H23Cl2NOS. The molecule has 3 aromatic carbocycles. The highest BCUT2D eigenvalue weighted by Crippen LogP contribution is 2.36. The van der Waals surface area contributed by atoms with Crippen molar-refractivity contribution in [3.63, 3.8) is 0 Å². The first-order valence-corrected chi connectivity index (χ1v) is 10.6. The number of benzene rings is 3. The van der Waals surface area contributed by atoms with E-state index in [1.165, 1.54) is 21.6 Å². The molecule has 0 saturated heterocycles. The number of hydrogen-bond acceptors (Lipinski definition) is 3. The highest BCUT2D eigenvalue weighted by atomic mass is 35.5. The second kappa shape index (κ2) is 10.2. The molecule has 0 saturated carbocycles. The fourth-order valence-electron chi connectivity index (χ4n) is 3.34. The molecule has 0 radical (unpaired) electrons. The normalized spacial score (nSPS) is 13.2. The van der Waals surface area contributed by atoms with Crippen molar-refractivity contribution in [3.05, 3.63) is 88.4 Å². The van der Waals surface area contributed by atoms with E-state index in [-0.39, 0.29) is 12.4 Å². The zero-order valence-corrected chi connectivity index (χ0v) is 17.9. The molecule has 0 unspecified atom stereocenters. The fraction of sp³-hybridized carbons (Fsp3) is 0.217. The molecule has 1 aliphatic heterocycles. The summed E-state index contributed by atoms with van der Waals surface area (Å²) in [6, 6.07) is 22.4.